The second-order valence-electron chi connectivity index (χ2n) is 6.39. The second-order valence-corrected chi connectivity index (χ2v) is 6.39. The van der Waals surface area contributed by atoms with Gasteiger partial charge in [-0.3, -0.25) is 4.79 Å². The molecule has 6 nitrogen and oxygen atoms in total. The Hall–Kier alpha value is -3.15. The quantitative estimate of drug-likeness (QED) is 0.722. The van der Waals surface area contributed by atoms with Crippen LogP contribution in [-0.2, 0) is 6.54 Å². The zero-order valence-corrected chi connectivity index (χ0v) is 15.1. The smallest absolute Gasteiger partial charge is 0.254 e. The van der Waals surface area contributed by atoms with Crippen LogP contribution < -0.4 is 5.32 Å². The predicted octanol–water partition coefficient (Wildman–Crippen LogP) is 4.17. The Morgan fingerprint density at radius 1 is 1.15 bits per heavy atom. The van der Waals surface area contributed by atoms with Gasteiger partial charge in [0.25, 0.3) is 5.91 Å². The lowest BCUT2D eigenvalue weighted by atomic mass is 10.1. The van der Waals surface area contributed by atoms with Crippen LogP contribution in [-0.4, -0.2) is 27.0 Å². The van der Waals surface area contributed by atoms with Gasteiger partial charge >= 0.3 is 0 Å². The van der Waals surface area contributed by atoms with Crippen molar-refractivity contribution in [1.82, 2.24) is 15.0 Å². The lowest BCUT2D eigenvalue weighted by Gasteiger charge is -2.27. The van der Waals surface area contributed by atoms with E-state index < -0.39 is 0 Å². The molecule has 2 heterocycles. The summed E-state index contributed by atoms with van der Waals surface area (Å²) in [6, 6.07) is 15.3. The summed E-state index contributed by atoms with van der Waals surface area (Å²) < 4.78 is 5.04. The van der Waals surface area contributed by atoms with Gasteiger partial charge < -0.3 is 14.7 Å². The van der Waals surface area contributed by atoms with Crippen molar-refractivity contribution in [2.75, 3.05) is 5.32 Å². The first-order valence-electron chi connectivity index (χ1n) is 8.54. The maximum absolute atomic E-state index is 13.0. The average Bonchev–Trinajstić information content (AvgIpc) is 3.05. The van der Waals surface area contributed by atoms with Crippen LogP contribution in [0.25, 0.3) is 0 Å². The van der Waals surface area contributed by atoms with E-state index in [1.165, 1.54) is 0 Å². The number of anilines is 2. The Kier molecular flexibility index (Phi) is 5.31. The van der Waals surface area contributed by atoms with Gasteiger partial charge in [0.1, 0.15) is 11.6 Å². The van der Waals surface area contributed by atoms with Gasteiger partial charge in [-0.25, -0.2) is 4.98 Å². The number of aromatic nitrogens is 2. The molecule has 1 aromatic carbocycles. The molecule has 0 aliphatic rings. The van der Waals surface area contributed by atoms with E-state index in [1.54, 1.807) is 24.4 Å². The lowest BCUT2D eigenvalue weighted by Crippen LogP contribution is -2.36. The third kappa shape index (κ3) is 4.27. The number of hydrogen-bond acceptors (Lipinski definition) is 5. The topological polar surface area (TPSA) is 71.3 Å². The molecule has 0 saturated carbocycles. The molecule has 0 spiro atoms. The fourth-order valence-corrected chi connectivity index (χ4v) is 2.62. The Labute approximate surface area is 152 Å². The Bertz CT molecular complexity index is 874. The highest BCUT2D eigenvalue weighted by molar-refractivity contribution is 5.95. The molecule has 3 aromatic rings. The minimum atomic E-state index is -0.0364. The van der Waals surface area contributed by atoms with E-state index in [0.717, 1.165) is 5.56 Å². The molecule has 0 bridgehead atoms. The van der Waals surface area contributed by atoms with Gasteiger partial charge in [-0.05, 0) is 38.5 Å². The van der Waals surface area contributed by atoms with Gasteiger partial charge in [-0.1, -0.05) is 35.5 Å². The zero-order valence-electron chi connectivity index (χ0n) is 15.1. The number of aryl methyl sites for hydroxylation is 1. The van der Waals surface area contributed by atoms with Gasteiger partial charge in [0.15, 0.2) is 5.82 Å². The largest absolute Gasteiger partial charge is 0.360 e. The van der Waals surface area contributed by atoms with Gasteiger partial charge in [0, 0.05) is 30.4 Å². The molecular weight excluding hydrogens is 328 g/mol. The monoisotopic (exact) mass is 350 g/mol. The number of pyridine rings is 1. The number of hydrogen-bond donors (Lipinski definition) is 1. The molecule has 0 atom stereocenters. The average molecular weight is 350 g/mol. The molecule has 1 amide bonds. The molecular formula is C20H22N4O2. The first-order chi connectivity index (χ1) is 12.5. The molecule has 0 aliphatic heterocycles. The highest BCUT2D eigenvalue weighted by atomic mass is 16.5. The van der Waals surface area contributed by atoms with Crippen molar-refractivity contribution in [3.05, 3.63) is 71.6 Å². The van der Waals surface area contributed by atoms with Crippen LogP contribution in [0, 0.1) is 6.92 Å². The highest BCUT2D eigenvalue weighted by Crippen LogP contribution is 2.18. The molecule has 0 unspecified atom stereocenters. The van der Waals surface area contributed by atoms with Crippen molar-refractivity contribution < 1.29 is 9.32 Å². The molecule has 2 aromatic heterocycles. The van der Waals surface area contributed by atoms with Crippen molar-refractivity contribution in [3.63, 3.8) is 0 Å². The van der Waals surface area contributed by atoms with Gasteiger partial charge in [-0.15, -0.1) is 0 Å². The summed E-state index contributed by atoms with van der Waals surface area (Å²) in [5.74, 6) is 1.77. The van der Waals surface area contributed by atoms with Crippen molar-refractivity contribution >= 4 is 17.5 Å². The van der Waals surface area contributed by atoms with E-state index in [-0.39, 0.29) is 11.9 Å². The minimum absolute atomic E-state index is 0.0364. The molecule has 6 heteroatoms. The van der Waals surface area contributed by atoms with Gasteiger partial charge in [0.05, 0.1) is 0 Å². The number of rotatable bonds is 6. The molecule has 134 valence electrons. The number of carbonyl (C=O) groups excluding carboxylic acids is 1. The summed E-state index contributed by atoms with van der Waals surface area (Å²) in [5, 5.41) is 6.93. The number of nitrogens with zero attached hydrogens (tertiary/aromatic N) is 3. The fraction of sp³-hybridized carbons (Fsp3) is 0.250. The maximum Gasteiger partial charge on any atom is 0.254 e. The summed E-state index contributed by atoms with van der Waals surface area (Å²) in [6.07, 6.45) is 1.61. The summed E-state index contributed by atoms with van der Waals surface area (Å²) in [6.45, 7) is 6.40. The van der Waals surface area contributed by atoms with Crippen molar-refractivity contribution in [1.29, 1.82) is 0 Å². The molecule has 26 heavy (non-hydrogen) atoms. The third-order valence-corrected chi connectivity index (χ3v) is 3.97. The molecule has 0 aliphatic carbocycles. The van der Waals surface area contributed by atoms with Gasteiger partial charge in [-0.2, -0.15) is 0 Å². The van der Waals surface area contributed by atoms with Crippen LogP contribution in [0.15, 0.2) is 59.3 Å². The standard InChI is InChI=1S/C20H22N4O2/c1-14(2)24(13-16-7-5-4-6-8-16)20(25)17-9-10-21-18(12-17)22-19-11-15(3)26-23-19/h4-12,14H,13H2,1-3H3,(H,21,22,23). The number of nitrogens with one attached hydrogen (secondary N) is 1. The van der Waals surface area contributed by atoms with Crippen molar-refractivity contribution in [2.24, 2.45) is 0 Å². The van der Waals surface area contributed by atoms with Crippen LogP contribution in [0.4, 0.5) is 11.6 Å². The van der Waals surface area contributed by atoms with E-state index in [9.17, 15) is 4.79 Å². The zero-order chi connectivity index (χ0) is 18.5. The van der Waals surface area contributed by atoms with Crippen LogP contribution in [0.2, 0.25) is 0 Å². The normalized spacial score (nSPS) is 10.8. The summed E-state index contributed by atoms with van der Waals surface area (Å²) in [5.41, 5.74) is 1.67. The van der Waals surface area contributed by atoms with Crippen LogP contribution >= 0.6 is 0 Å². The SMILES string of the molecule is Cc1cc(Nc2cc(C(=O)N(Cc3ccccc3)C(C)C)ccn2)no1. The number of benzene rings is 1. The predicted molar refractivity (Wildman–Crippen MR) is 100 cm³/mol. The van der Waals surface area contributed by atoms with E-state index in [4.69, 9.17) is 4.52 Å². The maximum atomic E-state index is 13.0. The first-order valence-corrected chi connectivity index (χ1v) is 8.54. The minimum Gasteiger partial charge on any atom is -0.360 e. The molecule has 0 saturated heterocycles. The van der Waals surface area contributed by atoms with Crippen LogP contribution in [0.1, 0.15) is 35.5 Å². The van der Waals surface area contributed by atoms with E-state index in [1.807, 2.05) is 56.0 Å². The second kappa shape index (κ2) is 7.82. The van der Waals surface area contributed by atoms with Crippen molar-refractivity contribution in [2.45, 2.75) is 33.4 Å². The lowest BCUT2D eigenvalue weighted by molar-refractivity contribution is 0.0690. The van der Waals surface area contributed by atoms with E-state index >= 15 is 0 Å². The number of amides is 1. The number of carbonyl (C=O) groups is 1. The van der Waals surface area contributed by atoms with Crippen molar-refractivity contribution in [3.8, 4) is 0 Å². The highest BCUT2D eigenvalue weighted by Gasteiger charge is 2.19. The summed E-state index contributed by atoms with van der Waals surface area (Å²) >= 11 is 0. The van der Waals surface area contributed by atoms with Gasteiger partial charge in [0.2, 0.25) is 0 Å². The Morgan fingerprint density at radius 3 is 2.58 bits per heavy atom. The Balaban J connectivity index is 1.79. The van der Waals surface area contributed by atoms with Crippen LogP contribution in [0.3, 0.4) is 0 Å². The molecule has 0 fully saturated rings. The van der Waals surface area contributed by atoms with E-state index in [0.29, 0.717) is 29.5 Å². The summed E-state index contributed by atoms with van der Waals surface area (Å²) in [7, 11) is 0. The van der Waals surface area contributed by atoms with Crippen LogP contribution in [0.5, 0.6) is 0 Å². The summed E-state index contributed by atoms with van der Waals surface area (Å²) in [4.78, 5) is 19.1. The fourth-order valence-electron chi connectivity index (χ4n) is 2.62. The van der Waals surface area contributed by atoms with E-state index in [2.05, 4.69) is 15.5 Å². The molecule has 1 N–H and O–H groups in total. The first kappa shape index (κ1) is 17.7. The Morgan fingerprint density at radius 2 is 1.92 bits per heavy atom. The molecule has 3 rings (SSSR count). The molecule has 0 radical (unpaired) electrons. The third-order valence-electron chi connectivity index (χ3n) is 3.97.